The number of amides is 1. The van der Waals surface area contributed by atoms with Gasteiger partial charge in [-0.2, -0.15) is 0 Å². The fourth-order valence-corrected chi connectivity index (χ4v) is 3.41. The second-order valence-corrected chi connectivity index (χ2v) is 7.62. The minimum atomic E-state index is -0.588. The molecule has 3 rings (SSSR count). The van der Waals surface area contributed by atoms with Crippen LogP contribution in [0.5, 0.6) is 11.5 Å². The number of methoxy groups -OCH3 is 1. The molecule has 0 bridgehead atoms. The van der Waals surface area contributed by atoms with Gasteiger partial charge in [0.15, 0.2) is 11.5 Å². The van der Waals surface area contributed by atoms with Crippen LogP contribution in [0.15, 0.2) is 33.5 Å². The van der Waals surface area contributed by atoms with Crippen LogP contribution in [-0.4, -0.2) is 25.7 Å². The molecule has 6 heteroatoms. The van der Waals surface area contributed by atoms with Crippen LogP contribution in [0.1, 0.15) is 47.5 Å². The molecular formula is C22H27NO5. The predicted molar refractivity (Wildman–Crippen MR) is 106 cm³/mol. The number of rotatable bonds is 6. The first-order valence-electron chi connectivity index (χ1n) is 9.62. The normalized spacial score (nSPS) is 15.7. The number of para-hydroxylation sites is 1. The lowest BCUT2D eigenvalue weighted by Crippen LogP contribution is -2.44. The molecule has 1 amide bonds. The highest BCUT2D eigenvalue weighted by Crippen LogP contribution is 2.34. The maximum Gasteiger partial charge on any atom is 0.349 e. The molecule has 2 aromatic rings. The molecule has 2 heterocycles. The maximum absolute atomic E-state index is 12.7. The lowest BCUT2D eigenvalue weighted by molar-refractivity contribution is 0.0909. The van der Waals surface area contributed by atoms with Gasteiger partial charge in [-0.1, -0.05) is 26.0 Å². The Bertz CT molecular complexity index is 916. The largest absolute Gasteiger partial charge is 0.493 e. The number of nitrogens with one attached hydrogen (secondary N) is 1. The van der Waals surface area contributed by atoms with Gasteiger partial charge in [-0.15, -0.1) is 0 Å². The summed E-state index contributed by atoms with van der Waals surface area (Å²) in [7, 11) is 1.60. The standard InChI is InChI=1S/C22H27NO5/c1-13(2)8-9-17-10-14(3)19(22(25)28-17)21(24)23-16-11-15-6-5-7-18(26-4)20(15)27-12-16/h5-7,10,13,16H,8-9,11-12H2,1-4H3,(H,23,24). The first-order valence-corrected chi connectivity index (χ1v) is 9.62. The van der Waals surface area contributed by atoms with Crippen molar-refractivity contribution >= 4 is 5.91 Å². The maximum atomic E-state index is 12.7. The molecule has 0 fully saturated rings. The molecule has 1 aliphatic rings. The van der Waals surface area contributed by atoms with Gasteiger partial charge < -0.3 is 19.2 Å². The van der Waals surface area contributed by atoms with Crippen molar-refractivity contribution in [2.75, 3.05) is 13.7 Å². The van der Waals surface area contributed by atoms with Gasteiger partial charge in [-0.25, -0.2) is 4.79 Å². The number of hydrogen-bond donors (Lipinski definition) is 1. The Morgan fingerprint density at radius 1 is 1.36 bits per heavy atom. The molecule has 1 aliphatic heterocycles. The summed E-state index contributed by atoms with van der Waals surface area (Å²) >= 11 is 0. The SMILES string of the molecule is COc1cccc2c1OCC(NC(=O)c1c(C)cc(CCC(C)C)oc1=O)C2. The molecule has 0 spiro atoms. The second-order valence-electron chi connectivity index (χ2n) is 7.62. The van der Waals surface area contributed by atoms with E-state index in [1.807, 2.05) is 18.2 Å². The summed E-state index contributed by atoms with van der Waals surface area (Å²) in [5, 5.41) is 2.90. The third-order valence-corrected chi connectivity index (χ3v) is 4.91. The van der Waals surface area contributed by atoms with Crippen LogP contribution in [0.3, 0.4) is 0 Å². The monoisotopic (exact) mass is 385 g/mol. The smallest absolute Gasteiger partial charge is 0.349 e. The minimum absolute atomic E-state index is 0.0599. The Kier molecular flexibility index (Phi) is 6.07. The van der Waals surface area contributed by atoms with E-state index in [1.54, 1.807) is 20.1 Å². The lowest BCUT2D eigenvalue weighted by atomic mass is 10.0. The summed E-state index contributed by atoms with van der Waals surface area (Å²) in [4.78, 5) is 25.1. The van der Waals surface area contributed by atoms with Gasteiger partial charge in [0.1, 0.15) is 17.9 Å². The molecule has 1 atom stereocenters. The van der Waals surface area contributed by atoms with Crippen molar-refractivity contribution in [1.29, 1.82) is 0 Å². The minimum Gasteiger partial charge on any atom is -0.493 e. The van der Waals surface area contributed by atoms with Gasteiger partial charge in [-0.3, -0.25) is 4.79 Å². The first-order chi connectivity index (χ1) is 13.4. The van der Waals surface area contributed by atoms with Crippen molar-refractivity contribution in [3.63, 3.8) is 0 Å². The fourth-order valence-electron chi connectivity index (χ4n) is 3.41. The zero-order valence-corrected chi connectivity index (χ0v) is 16.8. The Balaban J connectivity index is 1.72. The van der Waals surface area contributed by atoms with E-state index in [0.29, 0.717) is 48.2 Å². The zero-order chi connectivity index (χ0) is 20.3. The predicted octanol–water partition coefficient (Wildman–Crippen LogP) is 3.28. The Hall–Kier alpha value is -2.76. The van der Waals surface area contributed by atoms with Crippen LogP contribution in [0.4, 0.5) is 0 Å². The Labute approximate surface area is 164 Å². The number of fused-ring (bicyclic) bond motifs is 1. The van der Waals surface area contributed by atoms with Crippen LogP contribution in [0.25, 0.3) is 0 Å². The molecule has 0 aliphatic carbocycles. The van der Waals surface area contributed by atoms with Gasteiger partial charge in [0.2, 0.25) is 0 Å². The van der Waals surface area contributed by atoms with E-state index >= 15 is 0 Å². The van der Waals surface area contributed by atoms with E-state index in [1.165, 1.54) is 0 Å². The molecule has 0 saturated carbocycles. The summed E-state index contributed by atoms with van der Waals surface area (Å²) in [6, 6.07) is 7.23. The fraction of sp³-hybridized carbons (Fsp3) is 0.455. The van der Waals surface area contributed by atoms with Crippen LogP contribution in [-0.2, 0) is 12.8 Å². The summed E-state index contributed by atoms with van der Waals surface area (Å²) in [6.07, 6.45) is 2.22. The highest BCUT2D eigenvalue weighted by Gasteiger charge is 2.26. The third-order valence-electron chi connectivity index (χ3n) is 4.91. The molecule has 1 aromatic heterocycles. The summed E-state index contributed by atoms with van der Waals surface area (Å²) in [5.74, 6) is 2.09. The van der Waals surface area contributed by atoms with Crippen molar-refractivity contribution in [1.82, 2.24) is 5.32 Å². The van der Waals surface area contributed by atoms with Crippen LogP contribution in [0.2, 0.25) is 0 Å². The molecule has 1 N–H and O–H groups in total. The summed E-state index contributed by atoms with van der Waals surface area (Å²) in [6.45, 7) is 6.32. The zero-order valence-electron chi connectivity index (χ0n) is 16.8. The van der Waals surface area contributed by atoms with Crippen LogP contribution < -0.4 is 20.4 Å². The highest BCUT2D eigenvalue weighted by atomic mass is 16.5. The third kappa shape index (κ3) is 4.38. The van der Waals surface area contributed by atoms with E-state index in [-0.39, 0.29) is 11.6 Å². The molecular weight excluding hydrogens is 358 g/mol. The van der Waals surface area contributed by atoms with Crippen molar-refractivity contribution < 1.29 is 18.7 Å². The van der Waals surface area contributed by atoms with Crippen molar-refractivity contribution in [2.45, 2.75) is 46.1 Å². The lowest BCUT2D eigenvalue weighted by Gasteiger charge is -2.27. The topological polar surface area (TPSA) is 77.8 Å². The number of benzene rings is 1. The summed E-state index contributed by atoms with van der Waals surface area (Å²) < 4.78 is 16.5. The highest BCUT2D eigenvalue weighted by molar-refractivity contribution is 5.95. The van der Waals surface area contributed by atoms with Crippen molar-refractivity contribution in [2.24, 2.45) is 5.92 Å². The van der Waals surface area contributed by atoms with Gasteiger partial charge in [0.25, 0.3) is 5.91 Å². The Morgan fingerprint density at radius 3 is 2.82 bits per heavy atom. The average Bonchev–Trinajstić information content (AvgIpc) is 2.65. The molecule has 6 nitrogen and oxygen atoms in total. The number of carbonyl (C=O) groups excluding carboxylic acids is 1. The van der Waals surface area contributed by atoms with E-state index in [0.717, 1.165) is 12.0 Å². The van der Waals surface area contributed by atoms with Crippen molar-refractivity contribution in [3.05, 3.63) is 57.1 Å². The van der Waals surface area contributed by atoms with Gasteiger partial charge in [0, 0.05) is 12.0 Å². The quantitative estimate of drug-likeness (QED) is 0.826. The van der Waals surface area contributed by atoms with Gasteiger partial charge >= 0.3 is 5.63 Å². The molecule has 0 radical (unpaired) electrons. The number of aryl methyl sites for hydroxylation is 2. The van der Waals surface area contributed by atoms with E-state index in [9.17, 15) is 9.59 Å². The first kappa shape index (κ1) is 20.0. The molecule has 1 aromatic carbocycles. The van der Waals surface area contributed by atoms with Gasteiger partial charge in [0.05, 0.1) is 13.2 Å². The number of ether oxygens (including phenoxy) is 2. The molecule has 1 unspecified atom stereocenters. The Morgan fingerprint density at radius 2 is 2.14 bits per heavy atom. The molecule has 28 heavy (non-hydrogen) atoms. The van der Waals surface area contributed by atoms with Crippen LogP contribution in [0, 0.1) is 12.8 Å². The molecule has 150 valence electrons. The van der Waals surface area contributed by atoms with E-state index in [2.05, 4.69) is 19.2 Å². The van der Waals surface area contributed by atoms with E-state index in [4.69, 9.17) is 13.9 Å². The summed E-state index contributed by atoms with van der Waals surface area (Å²) in [5.41, 5.74) is 1.06. The number of hydrogen-bond acceptors (Lipinski definition) is 5. The van der Waals surface area contributed by atoms with Crippen molar-refractivity contribution in [3.8, 4) is 11.5 Å². The van der Waals surface area contributed by atoms with Gasteiger partial charge in [-0.05, 0) is 43.4 Å². The number of carbonyl (C=O) groups is 1. The van der Waals surface area contributed by atoms with Crippen LogP contribution >= 0.6 is 0 Å². The van der Waals surface area contributed by atoms with E-state index < -0.39 is 11.5 Å². The molecule has 0 saturated heterocycles. The average molecular weight is 385 g/mol. The second kappa shape index (κ2) is 8.50.